The molecule has 0 aromatic carbocycles. The number of fused-ring (bicyclic) bond motifs is 1. The third kappa shape index (κ3) is 2.02. The quantitative estimate of drug-likeness (QED) is 0.748. The zero-order chi connectivity index (χ0) is 11.7. The van der Waals surface area contributed by atoms with Crippen molar-refractivity contribution in [2.45, 2.75) is 37.8 Å². The van der Waals surface area contributed by atoms with Gasteiger partial charge in [0.1, 0.15) is 0 Å². The van der Waals surface area contributed by atoms with Gasteiger partial charge in [0.25, 0.3) is 0 Å². The smallest absolute Gasteiger partial charge is 0.165 e. The SMILES string of the molecule is Fc1cccnc1N1CCO[C@@H]2CCCC[C@@H]21. The van der Waals surface area contributed by atoms with Crippen molar-refractivity contribution in [3.63, 3.8) is 0 Å². The highest BCUT2D eigenvalue weighted by Crippen LogP contribution is 2.31. The van der Waals surface area contributed by atoms with Crippen molar-refractivity contribution in [2.24, 2.45) is 0 Å². The van der Waals surface area contributed by atoms with Crippen LogP contribution in [0, 0.1) is 5.82 Å². The number of morpholine rings is 1. The number of aromatic nitrogens is 1. The van der Waals surface area contributed by atoms with Gasteiger partial charge in [0.15, 0.2) is 11.6 Å². The minimum atomic E-state index is -0.223. The molecule has 3 rings (SSSR count). The minimum Gasteiger partial charge on any atom is -0.374 e. The van der Waals surface area contributed by atoms with Gasteiger partial charge in [-0.25, -0.2) is 9.37 Å². The molecule has 2 aliphatic rings. The molecule has 2 heterocycles. The van der Waals surface area contributed by atoms with Crippen molar-refractivity contribution in [1.29, 1.82) is 0 Å². The lowest BCUT2D eigenvalue weighted by atomic mass is 9.90. The van der Waals surface area contributed by atoms with Crippen molar-refractivity contribution < 1.29 is 9.13 Å². The number of halogens is 1. The van der Waals surface area contributed by atoms with Gasteiger partial charge in [-0.15, -0.1) is 0 Å². The summed E-state index contributed by atoms with van der Waals surface area (Å²) in [6.07, 6.45) is 6.52. The number of rotatable bonds is 1. The summed E-state index contributed by atoms with van der Waals surface area (Å²) in [5.74, 6) is 0.270. The largest absolute Gasteiger partial charge is 0.374 e. The number of ether oxygens (including phenoxy) is 1. The third-order valence-corrected chi connectivity index (χ3v) is 3.74. The van der Waals surface area contributed by atoms with Crippen LogP contribution in [0.3, 0.4) is 0 Å². The van der Waals surface area contributed by atoms with Crippen molar-refractivity contribution in [3.05, 3.63) is 24.1 Å². The van der Waals surface area contributed by atoms with E-state index in [0.29, 0.717) is 18.5 Å². The van der Waals surface area contributed by atoms with E-state index in [1.54, 1.807) is 12.3 Å². The van der Waals surface area contributed by atoms with E-state index in [1.807, 2.05) is 0 Å². The lowest BCUT2D eigenvalue weighted by Gasteiger charge is -2.44. The van der Waals surface area contributed by atoms with Crippen LogP contribution >= 0.6 is 0 Å². The van der Waals surface area contributed by atoms with Crippen molar-refractivity contribution in [2.75, 3.05) is 18.1 Å². The van der Waals surface area contributed by atoms with E-state index in [-0.39, 0.29) is 11.9 Å². The summed E-state index contributed by atoms with van der Waals surface area (Å²) in [4.78, 5) is 6.29. The molecule has 1 saturated heterocycles. The molecule has 0 N–H and O–H groups in total. The maximum Gasteiger partial charge on any atom is 0.165 e. The summed E-state index contributed by atoms with van der Waals surface area (Å²) >= 11 is 0. The van der Waals surface area contributed by atoms with E-state index in [2.05, 4.69) is 9.88 Å². The normalized spacial score (nSPS) is 28.9. The Morgan fingerprint density at radius 1 is 1.35 bits per heavy atom. The van der Waals surface area contributed by atoms with Crippen molar-refractivity contribution >= 4 is 5.82 Å². The standard InChI is InChI=1S/C13H17FN2O/c14-10-4-3-7-15-13(10)16-8-9-17-12-6-2-1-5-11(12)16/h3-4,7,11-12H,1-2,5-6,8-9H2/t11-,12+/m0/s1. The highest BCUT2D eigenvalue weighted by atomic mass is 19.1. The third-order valence-electron chi connectivity index (χ3n) is 3.74. The molecular formula is C13H17FN2O. The van der Waals surface area contributed by atoms with Gasteiger partial charge in [-0.2, -0.15) is 0 Å². The molecule has 4 heteroatoms. The van der Waals surface area contributed by atoms with Crippen LogP contribution in [-0.4, -0.2) is 30.3 Å². The summed E-state index contributed by atoms with van der Waals surface area (Å²) in [7, 11) is 0. The van der Waals surface area contributed by atoms with E-state index in [1.165, 1.54) is 18.9 Å². The molecule has 0 amide bonds. The minimum absolute atomic E-state index is 0.223. The second-order valence-corrected chi connectivity index (χ2v) is 4.76. The van der Waals surface area contributed by atoms with Gasteiger partial charge in [0.2, 0.25) is 0 Å². The van der Waals surface area contributed by atoms with E-state index >= 15 is 0 Å². The lowest BCUT2D eigenvalue weighted by molar-refractivity contribution is -0.00924. The van der Waals surface area contributed by atoms with E-state index < -0.39 is 0 Å². The van der Waals surface area contributed by atoms with Crippen LogP contribution in [0.25, 0.3) is 0 Å². The van der Waals surface area contributed by atoms with Gasteiger partial charge >= 0.3 is 0 Å². The fraction of sp³-hybridized carbons (Fsp3) is 0.615. The second-order valence-electron chi connectivity index (χ2n) is 4.76. The van der Waals surface area contributed by atoms with Crippen LogP contribution in [-0.2, 0) is 4.74 Å². The van der Waals surface area contributed by atoms with Gasteiger partial charge in [-0.05, 0) is 25.0 Å². The summed E-state index contributed by atoms with van der Waals surface area (Å²) in [5, 5.41) is 0. The Balaban J connectivity index is 1.88. The first kappa shape index (κ1) is 11.0. The fourth-order valence-corrected chi connectivity index (χ4v) is 2.95. The number of hydrogen-bond donors (Lipinski definition) is 0. The van der Waals surface area contributed by atoms with Crippen LogP contribution in [0.4, 0.5) is 10.2 Å². The molecule has 2 fully saturated rings. The zero-order valence-electron chi connectivity index (χ0n) is 9.81. The molecule has 1 aromatic rings. The average molecular weight is 236 g/mol. The Morgan fingerprint density at radius 3 is 3.12 bits per heavy atom. The number of nitrogens with zero attached hydrogens (tertiary/aromatic N) is 2. The van der Waals surface area contributed by atoms with Gasteiger partial charge in [-0.3, -0.25) is 0 Å². The summed E-state index contributed by atoms with van der Waals surface area (Å²) < 4.78 is 19.6. The zero-order valence-corrected chi connectivity index (χ0v) is 9.81. The molecule has 1 saturated carbocycles. The van der Waals surface area contributed by atoms with Crippen LogP contribution in [0.2, 0.25) is 0 Å². The molecule has 3 nitrogen and oxygen atoms in total. The maximum atomic E-state index is 13.8. The Hall–Kier alpha value is -1.16. The Bertz CT molecular complexity index is 397. The average Bonchev–Trinajstić information content (AvgIpc) is 2.39. The lowest BCUT2D eigenvalue weighted by Crippen LogP contribution is -2.53. The molecule has 0 spiro atoms. The Labute approximate surface area is 101 Å². The van der Waals surface area contributed by atoms with E-state index in [4.69, 9.17) is 4.74 Å². The summed E-state index contributed by atoms with van der Waals surface area (Å²) in [5.41, 5.74) is 0. The Morgan fingerprint density at radius 2 is 2.24 bits per heavy atom. The molecular weight excluding hydrogens is 219 g/mol. The highest BCUT2D eigenvalue weighted by Gasteiger charge is 2.35. The van der Waals surface area contributed by atoms with Crippen LogP contribution in [0.5, 0.6) is 0 Å². The van der Waals surface area contributed by atoms with Gasteiger partial charge < -0.3 is 9.64 Å². The van der Waals surface area contributed by atoms with Crippen LogP contribution < -0.4 is 4.90 Å². The monoisotopic (exact) mass is 236 g/mol. The highest BCUT2D eigenvalue weighted by molar-refractivity contribution is 5.42. The summed E-state index contributed by atoms with van der Waals surface area (Å²) in [6, 6.07) is 3.43. The van der Waals surface area contributed by atoms with Crippen molar-refractivity contribution in [1.82, 2.24) is 4.98 Å². The maximum absolute atomic E-state index is 13.8. The number of hydrogen-bond acceptors (Lipinski definition) is 3. The summed E-state index contributed by atoms with van der Waals surface area (Å²) in [6.45, 7) is 1.42. The van der Waals surface area contributed by atoms with Gasteiger partial charge in [0, 0.05) is 12.7 Å². The molecule has 1 aliphatic heterocycles. The molecule has 0 unspecified atom stereocenters. The van der Waals surface area contributed by atoms with E-state index in [0.717, 1.165) is 19.4 Å². The predicted octanol–water partition coefficient (Wildman–Crippen LogP) is 2.37. The molecule has 0 bridgehead atoms. The van der Waals surface area contributed by atoms with Gasteiger partial charge in [-0.1, -0.05) is 12.8 Å². The van der Waals surface area contributed by atoms with Crippen LogP contribution in [0.15, 0.2) is 18.3 Å². The molecule has 17 heavy (non-hydrogen) atoms. The fourth-order valence-electron chi connectivity index (χ4n) is 2.95. The number of pyridine rings is 1. The molecule has 2 atom stereocenters. The van der Waals surface area contributed by atoms with Crippen molar-refractivity contribution in [3.8, 4) is 0 Å². The first-order chi connectivity index (χ1) is 8.36. The molecule has 1 aromatic heterocycles. The first-order valence-electron chi connectivity index (χ1n) is 6.35. The van der Waals surface area contributed by atoms with Gasteiger partial charge in [0.05, 0.1) is 18.8 Å². The second kappa shape index (κ2) is 4.61. The van der Waals surface area contributed by atoms with Crippen LogP contribution in [0.1, 0.15) is 25.7 Å². The topological polar surface area (TPSA) is 25.4 Å². The first-order valence-corrected chi connectivity index (χ1v) is 6.35. The molecule has 92 valence electrons. The molecule has 1 aliphatic carbocycles. The van der Waals surface area contributed by atoms with E-state index in [9.17, 15) is 4.39 Å². The number of anilines is 1. The molecule has 0 radical (unpaired) electrons. The Kier molecular flexibility index (Phi) is 2.97. The predicted molar refractivity (Wildman–Crippen MR) is 63.5 cm³/mol.